The predicted molar refractivity (Wildman–Crippen MR) is 71.2 cm³/mol. The number of hydrogen-bond acceptors (Lipinski definition) is 4. The van der Waals surface area contributed by atoms with Crippen molar-refractivity contribution in [2.45, 2.75) is 39.3 Å². The zero-order chi connectivity index (χ0) is 12.9. The molecule has 0 aliphatic rings. The van der Waals surface area contributed by atoms with Gasteiger partial charge in [0.2, 0.25) is 5.91 Å². The summed E-state index contributed by atoms with van der Waals surface area (Å²) in [5.41, 5.74) is 0.178. The summed E-state index contributed by atoms with van der Waals surface area (Å²) in [5, 5.41) is 17.8. The minimum Gasteiger partial charge on any atom is -0.389 e. The standard InChI is InChI=1S/C12H20N2O2S/c1-4-12(3,16)8-13-7-11-10(5-6-17-11)14-9(2)15/h5-6,13,16H,4,7-8H2,1-3H3,(H,14,15). The maximum atomic E-state index is 11.0. The Morgan fingerprint density at radius 1 is 1.59 bits per heavy atom. The van der Waals surface area contributed by atoms with Gasteiger partial charge in [0.05, 0.1) is 11.3 Å². The Morgan fingerprint density at radius 3 is 2.88 bits per heavy atom. The summed E-state index contributed by atoms with van der Waals surface area (Å²) in [6, 6.07) is 1.89. The first-order valence-electron chi connectivity index (χ1n) is 5.71. The first-order chi connectivity index (χ1) is 7.94. The van der Waals surface area contributed by atoms with Crippen LogP contribution in [0.2, 0.25) is 0 Å². The van der Waals surface area contributed by atoms with Crippen molar-refractivity contribution in [3.63, 3.8) is 0 Å². The maximum absolute atomic E-state index is 11.0. The highest BCUT2D eigenvalue weighted by Gasteiger charge is 2.16. The molecule has 4 nitrogen and oxygen atoms in total. The summed E-state index contributed by atoms with van der Waals surface area (Å²) in [4.78, 5) is 12.1. The lowest BCUT2D eigenvalue weighted by atomic mass is 10.0. The summed E-state index contributed by atoms with van der Waals surface area (Å²) in [7, 11) is 0. The lowest BCUT2D eigenvalue weighted by Crippen LogP contribution is -2.36. The van der Waals surface area contributed by atoms with Gasteiger partial charge in [-0.15, -0.1) is 11.3 Å². The molecule has 0 fully saturated rings. The van der Waals surface area contributed by atoms with Crippen molar-refractivity contribution in [3.8, 4) is 0 Å². The Bertz CT molecular complexity index is 374. The van der Waals surface area contributed by atoms with Gasteiger partial charge in [-0.1, -0.05) is 6.92 Å². The zero-order valence-electron chi connectivity index (χ0n) is 10.5. The number of carbonyl (C=O) groups is 1. The smallest absolute Gasteiger partial charge is 0.221 e. The van der Waals surface area contributed by atoms with Gasteiger partial charge in [-0.25, -0.2) is 0 Å². The largest absolute Gasteiger partial charge is 0.389 e. The molecule has 0 aliphatic carbocycles. The molecule has 5 heteroatoms. The normalized spacial score (nSPS) is 14.4. The van der Waals surface area contributed by atoms with Crippen LogP contribution in [0.1, 0.15) is 32.1 Å². The van der Waals surface area contributed by atoms with Gasteiger partial charge in [-0.05, 0) is 24.8 Å². The molecular weight excluding hydrogens is 236 g/mol. The van der Waals surface area contributed by atoms with Crippen LogP contribution in [0.4, 0.5) is 5.69 Å². The maximum Gasteiger partial charge on any atom is 0.221 e. The molecule has 0 spiro atoms. The quantitative estimate of drug-likeness (QED) is 0.729. The molecule has 1 aromatic rings. The van der Waals surface area contributed by atoms with Crippen LogP contribution >= 0.6 is 11.3 Å². The fourth-order valence-electron chi connectivity index (χ4n) is 1.35. The van der Waals surface area contributed by atoms with Gasteiger partial charge in [0.15, 0.2) is 0 Å². The molecule has 0 saturated carbocycles. The number of aliphatic hydroxyl groups is 1. The van der Waals surface area contributed by atoms with Crippen molar-refractivity contribution in [1.29, 1.82) is 0 Å². The Kier molecular flexibility index (Phi) is 5.11. The van der Waals surface area contributed by atoms with Crippen molar-refractivity contribution in [3.05, 3.63) is 16.3 Å². The molecule has 0 bridgehead atoms. The molecule has 1 rings (SSSR count). The molecule has 96 valence electrons. The van der Waals surface area contributed by atoms with Gasteiger partial charge < -0.3 is 15.7 Å². The second-order valence-electron chi connectivity index (χ2n) is 4.39. The van der Waals surface area contributed by atoms with E-state index in [4.69, 9.17) is 0 Å². The molecule has 17 heavy (non-hydrogen) atoms. The second kappa shape index (κ2) is 6.14. The molecule has 0 aromatic carbocycles. The van der Waals surface area contributed by atoms with Gasteiger partial charge in [0.1, 0.15) is 0 Å². The molecule has 1 amide bonds. The van der Waals surface area contributed by atoms with Crippen LogP contribution < -0.4 is 10.6 Å². The number of nitrogens with one attached hydrogen (secondary N) is 2. The SMILES string of the molecule is CCC(C)(O)CNCc1sccc1NC(C)=O. The molecule has 1 atom stereocenters. The zero-order valence-corrected chi connectivity index (χ0v) is 11.4. The van der Waals surface area contributed by atoms with Gasteiger partial charge in [0, 0.05) is 24.9 Å². The van der Waals surface area contributed by atoms with Gasteiger partial charge in [-0.3, -0.25) is 4.79 Å². The minimum absolute atomic E-state index is 0.0646. The van der Waals surface area contributed by atoms with Crippen LogP contribution in [-0.2, 0) is 11.3 Å². The molecule has 0 radical (unpaired) electrons. The van der Waals surface area contributed by atoms with E-state index < -0.39 is 5.60 Å². The summed E-state index contributed by atoms with van der Waals surface area (Å²) in [6.45, 7) is 6.46. The van der Waals surface area contributed by atoms with Crippen LogP contribution in [0.5, 0.6) is 0 Å². The van der Waals surface area contributed by atoms with Crippen molar-refractivity contribution in [2.24, 2.45) is 0 Å². The van der Waals surface area contributed by atoms with Crippen LogP contribution in [0.15, 0.2) is 11.4 Å². The summed E-state index contributed by atoms with van der Waals surface area (Å²) < 4.78 is 0. The first kappa shape index (κ1) is 14.2. The highest BCUT2D eigenvalue weighted by molar-refractivity contribution is 7.10. The highest BCUT2D eigenvalue weighted by atomic mass is 32.1. The lowest BCUT2D eigenvalue weighted by molar-refractivity contribution is -0.114. The first-order valence-corrected chi connectivity index (χ1v) is 6.59. The molecule has 0 saturated heterocycles. The summed E-state index contributed by atoms with van der Waals surface area (Å²) in [5.74, 6) is -0.0646. The fourth-order valence-corrected chi connectivity index (χ4v) is 2.15. The van der Waals surface area contributed by atoms with Crippen molar-refractivity contribution < 1.29 is 9.90 Å². The van der Waals surface area contributed by atoms with Crippen molar-refractivity contribution >= 4 is 22.9 Å². The van der Waals surface area contributed by atoms with Gasteiger partial charge in [0.25, 0.3) is 0 Å². The topological polar surface area (TPSA) is 61.4 Å². The van der Waals surface area contributed by atoms with E-state index in [9.17, 15) is 9.90 Å². The van der Waals surface area contributed by atoms with Crippen LogP contribution in [-0.4, -0.2) is 23.2 Å². The third-order valence-corrected chi connectivity index (χ3v) is 3.53. The van der Waals surface area contributed by atoms with Crippen molar-refractivity contribution in [1.82, 2.24) is 5.32 Å². The highest BCUT2D eigenvalue weighted by Crippen LogP contribution is 2.22. The van der Waals surface area contributed by atoms with Gasteiger partial charge in [-0.2, -0.15) is 0 Å². The summed E-state index contributed by atoms with van der Waals surface area (Å²) >= 11 is 1.59. The average molecular weight is 256 g/mol. The third-order valence-electron chi connectivity index (χ3n) is 2.61. The number of amides is 1. The van der Waals surface area contributed by atoms with Crippen LogP contribution in [0, 0.1) is 0 Å². The van der Waals surface area contributed by atoms with E-state index in [0.29, 0.717) is 19.5 Å². The predicted octanol–water partition coefficient (Wildman–Crippen LogP) is 1.96. The number of anilines is 1. The molecule has 0 aliphatic heterocycles. The van der Waals surface area contributed by atoms with E-state index in [0.717, 1.165) is 10.6 Å². The Morgan fingerprint density at radius 2 is 2.29 bits per heavy atom. The Balaban J connectivity index is 2.47. The van der Waals surface area contributed by atoms with E-state index in [1.807, 2.05) is 25.3 Å². The number of rotatable bonds is 6. The van der Waals surface area contributed by atoms with Crippen molar-refractivity contribution in [2.75, 3.05) is 11.9 Å². The minimum atomic E-state index is -0.675. The average Bonchev–Trinajstić information content (AvgIpc) is 2.65. The number of carbonyl (C=O) groups excluding carboxylic acids is 1. The molecular formula is C12H20N2O2S. The monoisotopic (exact) mass is 256 g/mol. The molecule has 1 heterocycles. The Hall–Kier alpha value is -0.910. The molecule has 1 unspecified atom stereocenters. The number of hydrogen-bond donors (Lipinski definition) is 3. The second-order valence-corrected chi connectivity index (χ2v) is 5.39. The van der Waals surface area contributed by atoms with E-state index in [-0.39, 0.29) is 5.91 Å². The summed E-state index contributed by atoms with van der Waals surface area (Å²) in [6.07, 6.45) is 0.711. The van der Waals surface area contributed by atoms with Crippen LogP contribution in [0.25, 0.3) is 0 Å². The lowest BCUT2D eigenvalue weighted by Gasteiger charge is -2.21. The van der Waals surface area contributed by atoms with Gasteiger partial charge >= 0.3 is 0 Å². The van der Waals surface area contributed by atoms with Crippen LogP contribution in [0.3, 0.4) is 0 Å². The van der Waals surface area contributed by atoms with E-state index in [2.05, 4.69) is 10.6 Å². The Labute approximate surface area is 106 Å². The fraction of sp³-hybridized carbons (Fsp3) is 0.583. The third kappa shape index (κ3) is 4.85. The molecule has 3 N–H and O–H groups in total. The number of thiophene rings is 1. The van der Waals surface area contributed by atoms with E-state index in [1.54, 1.807) is 11.3 Å². The van der Waals surface area contributed by atoms with E-state index >= 15 is 0 Å². The molecule has 1 aromatic heterocycles. The van der Waals surface area contributed by atoms with E-state index in [1.165, 1.54) is 6.92 Å².